The topological polar surface area (TPSA) is 133 Å². The molecule has 0 aliphatic rings. The highest BCUT2D eigenvalue weighted by Gasteiger charge is 2.28. The van der Waals surface area contributed by atoms with Crippen molar-refractivity contribution < 1.29 is 27.2 Å². The van der Waals surface area contributed by atoms with E-state index in [4.69, 9.17) is 5.41 Å². The molecule has 3 N–H and O–H groups in total. The Balaban J connectivity index is 2.80. The molecule has 0 saturated heterocycles. The Morgan fingerprint density at radius 2 is 1.78 bits per heavy atom. The molecule has 8 nitrogen and oxygen atoms in total. The summed E-state index contributed by atoms with van der Waals surface area (Å²) in [6.45, 7) is 1.26. The summed E-state index contributed by atoms with van der Waals surface area (Å²) in [7, 11) is -3.65. The molecule has 27 heavy (non-hydrogen) atoms. The van der Waals surface area contributed by atoms with E-state index in [0.29, 0.717) is 11.8 Å². The Bertz CT molecular complexity index is 808. The first-order valence-corrected chi connectivity index (χ1v) is 10.0. The standard InChI is InChI=1S/C17H22FN3O5S/c1-11(27(2,25)26)16(23)21-15(8-7-14(22)9-19)17(24)20-10-12-3-5-13(18)6-4-12/h3-6,9,11,15,19H,7-8,10H2,1-2H3,(H,20,24)(H,21,23)/t11-,15-/m0/s1. The van der Waals surface area contributed by atoms with Crippen molar-refractivity contribution in [1.29, 1.82) is 5.41 Å². The Hall–Kier alpha value is -2.62. The van der Waals surface area contributed by atoms with Gasteiger partial charge in [-0.05, 0) is 31.0 Å². The van der Waals surface area contributed by atoms with Gasteiger partial charge in [0.05, 0.1) is 6.21 Å². The van der Waals surface area contributed by atoms with Crippen molar-refractivity contribution in [1.82, 2.24) is 10.6 Å². The largest absolute Gasteiger partial charge is 0.350 e. The van der Waals surface area contributed by atoms with Gasteiger partial charge < -0.3 is 16.0 Å². The van der Waals surface area contributed by atoms with E-state index >= 15 is 0 Å². The van der Waals surface area contributed by atoms with Gasteiger partial charge in [0.2, 0.25) is 11.8 Å². The molecule has 0 aliphatic heterocycles. The van der Waals surface area contributed by atoms with E-state index in [0.717, 1.165) is 6.26 Å². The van der Waals surface area contributed by atoms with Gasteiger partial charge in [0.25, 0.3) is 0 Å². The predicted molar refractivity (Wildman–Crippen MR) is 97.5 cm³/mol. The van der Waals surface area contributed by atoms with Crippen molar-refractivity contribution in [2.45, 2.75) is 37.6 Å². The fourth-order valence-corrected chi connectivity index (χ4v) is 2.48. The molecule has 2 atom stereocenters. The molecule has 1 aromatic rings. The number of ketones is 1. The summed E-state index contributed by atoms with van der Waals surface area (Å²) in [4.78, 5) is 35.8. The molecule has 10 heteroatoms. The molecule has 0 aliphatic carbocycles. The van der Waals surface area contributed by atoms with E-state index in [1.54, 1.807) is 0 Å². The lowest BCUT2D eigenvalue weighted by Gasteiger charge is -2.20. The summed E-state index contributed by atoms with van der Waals surface area (Å²) in [5, 5.41) is 10.4. The van der Waals surface area contributed by atoms with Gasteiger partial charge in [-0.1, -0.05) is 12.1 Å². The molecular weight excluding hydrogens is 377 g/mol. The van der Waals surface area contributed by atoms with E-state index < -0.39 is 44.5 Å². The lowest BCUT2D eigenvalue weighted by molar-refractivity contribution is -0.129. The summed E-state index contributed by atoms with van der Waals surface area (Å²) in [6.07, 6.45) is 1.26. The first-order chi connectivity index (χ1) is 12.5. The molecule has 0 unspecified atom stereocenters. The second-order valence-electron chi connectivity index (χ2n) is 6.03. The summed E-state index contributed by atoms with van der Waals surface area (Å²) >= 11 is 0. The summed E-state index contributed by atoms with van der Waals surface area (Å²) in [5.41, 5.74) is 0.620. The molecular formula is C17H22FN3O5S. The molecule has 0 bridgehead atoms. The van der Waals surface area contributed by atoms with Crippen LogP contribution in [0.3, 0.4) is 0 Å². The van der Waals surface area contributed by atoms with Gasteiger partial charge in [-0.2, -0.15) is 0 Å². The van der Waals surface area contributed by atoms with E-state index in [1.165, 1.54) is 31.2 Å². The maximum absolute atomic E-state index is 12.9. The van der Waals surface area contributed by atoms with Gasteiger partial charge in [-0.3, -0.25) is 14.4 Å². The van der Waals surface area contributed by atoms with Crippen LogP contribution in [-0.2, 0) is 30.8 Å². The number of amides is 2. The van der Waals surface area contributed by atoms with Crippen LogP contribution in [0.5, 0.6) is 0 Å². The number of halogens is 1. The quantitative estimate of drug-likeness (QED) is 0.489. The van der Waals surface area contributed by atoms with Crippen molar-refractivity contribution in [3.05, 3.63) is 35.6 Å². The fourth-order valence-electron chi connectivity index (χ4n) is 2.03. The number of carbonyl (C=O) groups excluding carboxylic acids is 3. The van der Waals surface area contributed by atoms with Crippen LogP contribution in [0.4, 0.5) is 4.39 Å². The lowest BCUT2D eigenvalue weighted by Crippen LogP contribution is -2.50. The number of benzene rings is 1. The highest BCUT2D eigenvalue weighted by Crippen LogP contribution is 2.05. The third-order valence-corrected chi connectivity index (χ3v) is 5.36. The van der Waals surface area contributed by atoms with Gasteiger partial charge in [0.1, 0.15) is 17.1 Å². The molecule has 2 amide bonds. The minimum absolute atomic E-state index is 0.0611. The number of Topliss-reactive ketones (excluding diaryl/α,β-unsaturated/α-hetero) is 1. The lowest BCUT2D eigenvalue weighted by atomic mass is 10.1. The smallest absolute Gasteiger partial charge is 0.242 e. The molecule has 0 spiro atoms. The third kappa shape index (κ3) is 7.65. The molecule has 1 aromatic carbocycles. The molecule has 148 valence electrons. The zero-order valence-corrected chi connectivity index (χ0v) is 15.8. The molecule has 0 aromatic heterocycles. The molecule has 0 heterocycles. The summed E-state index contributed by atoms with van der Waals surface area (Å²) in [5.74, 6) is -2.43. The number of hydrogen-bond acceptors (Lipinski definition) is 6. The predicted octanol–water partition coefficient (Wildman–Crippen LogP) is 0.359. The van der Waals surface area contributed by atoms with Crippen LogP contribution in [0.1, 0.15) is 25.3 Å². The van der Waals surface area contributed by atoms with E-state index in [9.17, 15) is 27.2 Å². The van der Waals surface area contributed by atoms with Gasteiger partial charge in [0, 0.05) is 19.2 Å². The van der Waals surface area contributed by atoms with Crippen molar-refractivity contribution in [3.8, 4) is 0 Å². The van der Waals surface area contributed by atoms with Crippen molar-refractivity contribution in [2.75, 3.05) is 6.26 Å². The van der Waals surface area contributed by atoms with Crippen molar-refractivity contribution in [2.24, 2.45) is 0 Å². The summed E-state index contributed by atoms with van der Waals surface area (Å²) < 4.78 is 35.9. The van der Waals surface area contributed by atoms with E-state index in [1.807, 2.05) is 0 Å². The minimum Gasteiger partial charge on any atom is -0.350 e. The van der Waals surface area contributed by atoms with Crippen LogP contribution in [0.2, 0.25) is 0 Å². The average molecular weight is 399 g/mol. The Kier molecular flexibility index (Phi) is 8.23. The normalized spacial score (nSPS) is 13.3. The van der Waals surface area contributed by atoms with Crippen LogP contribution < -0.4 is 10.6 Å². The van der Waals surface area contributed by atoms with Crippen molar-refractivity contribution in [3.63, 3.8) is 0 Å². The van der Waals surface area contributed by atoms with Crippen LogP contribution in [0.25, 0.3) is 0 Å². The van der Waals surface area contributed by atoms with Crippen LogP contribution in [0, 0.1) is 11.2 Å². The van der Waals surface area contributed by atoms with Gasteiger partial charge >= 0.3 is 0 Å². The highest BCUT2D eigenvalue weighted by atomic mass is 32.2. The highest BCUT2D eigenvalue weighted by molar-refractivity contribution is 7.92. The van der Waals surface area contributed by atoms with Gasteiger partial charge in [-0.15, -0.1) is 0 Å². The average Bonchev–Trinajstić information content (AvgIpc) is 2.62. The van der Waals surface area contributed by atoms with Gasteiger partial charge in [0.15, 0.2) is 15.6 Å². The van der Waals surface area contributed by atoms with E-state index in [-0.39, 0.29) is 19.4 Å². The first kappa shape index (κ1) is 22.4. The number of sulfone groups is 1. The van der Waals surface area contributed by atoms with E-state index in [2.05, 4.69) is 10.6 Å². The summed E-state index contributed by atoms with van der Waals surface area (Å²) in [6, 6.07) is 4.28. The first-order valence-electron chi connectivity index (χ1n) is 8.09. The van der Waals surface area contributed by atoms with Crippen molar-refractivity contribution >= 4 is 33.6 Å². The Labute approximate surface area is 157 Å². The number of rotatable bonds is 10. The molecule has 1 rings (SSSR count). The number of hydrogen-bond donors (Lipinski definition) is 3. The van der Waals surface area contributed by atoms with Crippen LogP contribution >= 0.6 is 0 Å². The number of nitrogens with one attached hydrogen (secondary N) is 3. The molecule has 0 radical (unpaired) electrons. The second kappa shape index (κ2) is 9.91. The Morgan fingerprint density at radius 1 is 1.19 bits per heavy atom. The minimum atomic E-state index is -3.65. The zero-order valence-electron chi connectivity index (χ0n) is 15.0. The third-order valence-electron chi connectivity index (χ3n) is 3.86. The van der Waals surface area contributed by atoms with Crippen LogP contribution in [-0.4, -0.2) is 49.8 Å². The maximum atomic E-state index is 12.9. The monoisotopic (exact) mass is 399 g/mol. The zero-order chi connectivity index (χ0) is 20.6. The maximum Gasteiger partial charge on any atom is 0.242 e. The van der Waals surface area contributed by atoms with Crippen LogP contribution in [0.15, 0.2) is 24.3 Å². The molecule has 0 fully saturated rings. The number of carbonyl (C=O) groups is 3. The second-order valence-corrected chi connectivity index (χ2v) is 8.39. The molecule has 0 saturated carbocycles. The fraction of sp³-hybridized carbons (Fsp3) is 0.412. The Morgan fingerprint density at radius 3 is 2.30 bits per heavy atom. The van der Waals surface area contributed by atoms with Gasteiger partial charge in [-0.25, -0.2) is 12.8 Å². The SMILES string of the molecule is C[C@@H](C(=O)N[C@@H](CCC(=O)C=N)C(=O)NCc1ccc(F)cc1)S(C)(=O)=O.